The van der Waals surface area contributed by atoms with Crippen LogP contribution in [0.15, 0.2) is 24.3 Å². The second-order valence-corrected chi connectivity index (χ2v) is 4.40. The number of amides is 1. The summed E-state index contributed by atoms with van der Waals surface area (Å²) in [5.41, 5.74) is 3.95. The molecule has 1 aromatic rings. The number of benzene rings is 1. The highest BCUT2D eigenvalue weighted by Crippen LogP contribution is 2.14. The van der Waals surface area contributed by atoms with Gasteiger partial charge in [-0.3, -0.25) is 10.6 Å². The molecule has 0 aromatic heterocycles. The van der Waals surface area contributed by atoms with Crippen LogP contribution in [0.25, 0.3) is 0 Å². The van der Waals surface area contributed by atoms with Gasteiger partial charge in [0.15, 0.2) is 0 Å². The maximum absolute atomic E-state index is 11.8. The van der Waals surface area contributed by atoms with E-state index in [-0.39, 0.29) is 5.91 Å². The van der Waals surface area contributed by atoms with E-state index in [1.807, 2.05) is 0 Å². The number of nitrogens with one attached hydrogen (secondary N) is 2. The van der Waals surface area contributed by atoms with Crippen LogP contribution in [0.2, 0.25) is 0 Å². The van der Waals surface area contributed by atoms with Gasteiger partial charge in [-0.05, 0) is 43.5 Å². The number of hydrogen-bond donors (Lipinski definition) is 3. The summed E-state index contributed by atoms with van der Waals surface area (Å²) in [6.45, 7) is 1.51. The molecule has 5 nitrogen and oxygen atoms in total. The zero-order valence-corrected chi connectivity index (χ0v) is 10.3. The second-order valence-electron chi connectivity index (χ2n) is 4.40. The largest absolute Gasteiger partial charge is 0.378 e. The topological polar surface area (TPSA) is 76.4 Å². The average molecular weight is 249 g/mol. The molecule has 5 heteroatoms. The van der Waals surface area contributed by atoms with E-state index in [2.05, 4.69) is 10.7 Å². The molecule has 0 bridgehead atoms. The number of rotatable bonds is 5. The predicted octanol–water partition coefficient (Wildman–Crippen LogP) is 1.27. The van der Waals surface area contributed by atoms with Crippen LogP contribution in [0.5, 0.6) is 0 Å². The van der Waals surface area contributed by atoms with E-state index in [0.717, 1.165) is 31.6 Å². The zero-order chi connectivity index (χ0) is 12.8. The summed E-state index contributed by atoms with van der Waals surface area (Å²) in [5, 5.41) is 2.89. The van der Waals surface area contributed by atoms with Gasteiger partial charge in [0.2, 0.25) is 0 Å². The highest BCUT2D eigenvalue weighted by molar-refractivity contribution is 5.94. The fourth-order valence-electron chi connectivity index (χ4n) is 2.04. The fraction of sp³-hybridized carbons (Fsp3) is 0.462. The third-order valence-electron chi connectivity index (χ3n) is 3.09. The maximum atomic E-state index is 11.8. The molecule has 0 aliphatic carbocycles. The lowest BCUT2D eigenvalue weighted by Gasteiger charge is -2.10. The standard InChI is InChI=1S/C13H19N3O2/c14-16-11-5-3-10(4-6-11)13(17)15-8-7-12-2-1-9-18-12/h3-6,12,16H,1-2,7-9,14H2,(H,15,17). The Bertz CT molecular complexity index is 386. The molecule has 18 heavy (non-hydrogen) atoms. The van der Waals surface area contributed by atoms with Gasteiger partial charge in [0.05, 0.1) is 6.10 Å². The molecule has 1 saturated heterocycles. The first-order valence-electron chi connectivity index (χ1n) is 6.26. The van der Waals surface area contributed by atoms with Crippen molar-refractivity contribution in [1.29, 1.82) is 0 Å². The molecule has 1 atom stereocenters. The molecule has 1 heterocycles. The molecule has 0 saturated carbocycles. The number of hydrogen-bond acceptors (Lipinski definition) is 4. The van der Waals surface area contributed by atoms with E-state index in [4.69, 9.17) is 10.6 Å². The summed E-state index contributed by atoms with van der Waals surface area (Å²) in [6, 6.07) is 7.04. The minimum absolute atomic E-state index is 0.0587. The Labute approximate surface area is 107 Å². The zero-order valence-electron chi connectivity index (χ0n) is 10.3. The lowest BCUT2D eigenvalue weighted by atomic mass is 10.1. The number of carbonyl (C=O) groups excluding carboxylic acids is 1. The van der Waals surface area contributed by atoms with E-state index < -0.39 is 0 Å². The second kappa shape index (κ2) is 6.37. The number of anilines is 1. The Balaban J connectivity index is 1.76. The molecule has 1 aliphatic rings. The number of carbonyl (C=O) groups is 1. The van der Waals surface area contributed by atoms with Crippen molar-refractivity contribution in [1.82, 2.24) is 5.32 Å². The summed E-state index contributed by atoms with van der Waals surface area (Å²) in [4.78, 5) is 11.8. The number of ether oxygens (including phenoxy) is 1. The van der Waals surface area contributed by atoms with Gasteiger partial charge in [-0.2, -0.15) is 0 Å². The van der Waals surface area contributed by atoms with Crippen LogP contribution in [0, 0.1) is 0 Å². The summed E-state index contributed by atoms with van der Waals surface area (Å²) in [7, 11) is 0. The number of hydrazine groups is 1. The molecule has 0 radical (unpaired) electrons. The highest BCUT2D eigenvalue weighted by Gasteiger charge is 2.15. The van der Waals surface area contributed by atoms with Gasteiger partial charge in [0.25, 0.3) is 5.91 Å². The molecule has 1 amide bonds. The summed E-state index contributed by atoms with van der Waals surface area (Å²) in [6.07, 6.45) is 3.43. The number of nitrogens with two attached hydrogens (primary N) is 1. The fourth-order valence-corrected chi connectivity index (χ4v) is 2.04. The van der Waals surface area contributed by atoms with Crippen LogP contribution < -0.4 is 16.6 Å². The molecular formula is C13H19N3O2. The van der Waals surface area contributed by atoms with E-state index in [0.29, 0.717) is 18.2 Å². The van der Waals surface area contributed by atoms with E-state index >= 15 is 0 Å². The molecule has 1 aliphatic heterocycles. The van der Waals surface area contributed by atoms with Crippen LogP contribution >= 0.6 is 0 Å². The molecule has 0 spiro atoms. The van der Waals surface area contributed by atoms with Gasteiger partial charge in [0.1, 0.15) is 0 Å². The van der Waals surface area contributed by atoms with Gasteiger partial charge in [-0.1, -0.05) is 0 Å². The first kappa shape index (κ1) is 12.9. The average Bonchev–Trinajstić information content (AvgIpc) is 2.92. The SMILES string of the molecule is NNc1ccc(C(=O)NCCC2CCCO2)cc1. The first-order valence-corrected chi connectivity index (χ1v) is 6.26. The Morgan fingerprint density at radius 3 is 2.78 bits per heavy atom. The lowest BCUT2D eigenvalue weighted by molar-refractivity contribution is 0.0907. The van der Waals surface area contributed by atoms with E-state index in [1.54, 1.807) is 24.3 Å². The van der Waals surface area contributed by atoms with Crippen molar-refractivity contribution in [2.24, 2.45) is 5.84 Å². The van der Waals surface area contributed by atoms with Gasteiger partial charge in [0, 0.05) is 24.4 Å². The smallest absolute Gasteiger partial charge is 0.251 e. The first-order chi connectivity index (χ1) is 8.79. The molecule has 1 aromatic carbocycles. The quantitative estimate of drug-likeness (QED) is 0.542. The van der Waals surface area contributed by atoms with Gasteiger partial charge < -0.3 is 15.5 Å². The van der Waals surface area contributed by atoms with Gasteiger partial charge >= 0.3 is 0 Å². The van der Waals surface area contributed by atoms with Crippen LogP contribution in [-0.4, -0.2) is 25.2 Å². The third-order valence-corrected chi connectivity index (χ3v) is 3.09. The molecule has 4 N–H and O–H groups in total. The minimum Gasteiger partial charge on any atom is -0.378 e. The molecule has 1 unspecified atom stereocenters. The summed E-state index contributed by atoms with van der Waals surface area (Å²) >= 11 is 0. The van der Waals surface area contributed by atoms with Crippen LogP contribution in [0.4, 0.5) is 5.69 Å². The van der Waals surface area contributed by atoms with Crippen LogP contribution in [-0.2, 0) is 4.74 Å². The van der Waals surface area contributed by atoms with Crippen molar-refractivity contribution < 1.29 is 9.53 Å². The molecule has 98 valence electrons. The third kappa shape index (κ3) is 3.45. The Hall–Kier alpha value is -1.59. The maximum Gasteiger partial charge on any atom is 0.251 e. The summed E-state index contributed by atoms with van der Waals surface area (Å²) < 4.78 is 5.50. The molecule has 1 fully saturated rings. The Kier molecular flexibility index (Phi) is 4.55. The van der Waals surface area contributed by atoms with Crippen molar-refractivity contribution in [3.8, 4) is 0 Å². The number of nitrogen functional groups attached to an aromatic ring is 1. The Morgan fingerprint density at radius 1 is 1.39 bits per heavy atom. The van der Waals surface area contributed by atoms with Gasteiger partial charge in [-0.15, -0.1) is 0 Å². The van der Waals surface area contributed by atoms with E-state index in [9.17, 15) is 4.79 Å². The van der Waals surface area contributed by atoms with Crippen molar-refractivity contribution >= 4 is 11.6 Å². The van der Waals surface area contributed by atoms with E-state index in [1.165, 1.54) is 0 Å². The monoisotopic (exact) mass is 249 g/mol. The van der Waals surface area contributed by atoms with Crippen molar-refractivity contribution in [2.75, 3.05) is 18.6 Å². The normalized spacial score (nSPS) is 18.6. The van der Waals surface area contributed by atoms with Gasteiger partial charge in [-0.25, -0.2) is 0 Å². The van der Waals surface area contributed by atoms with Crippen LogP contribution in [0.1, 0.15) is 29.6 Å². The van der Waals surface area contributed by atoms with Crippen molar-refractivity contribution in [3.63, 3.8) is 0 Å². The highest BCUT2D eigenvalue weighted by atomic mass is 16.5. The molecule has 2 rings (SSSR count). The summed E-state index contributed by atoms with van der Waals surface area (Å²) in [5.74, 6) is 5.20. The predicted molar refractivity (Wildman–Crippen MR) is 70.2 cm³/mol. The van der Waals surface area contributed by atoms with Crippen molar-refractivity contribution in [3.05, 3.63) is 29.8 Å². The van der Waals surface area contributed by atoms with Crippen LogP contribution in [0.3, 0.4) is 0 Å². The van der Waals surface area contributed by atoms with Crippen molar-refractivity contribution in [2.45, 2.75) is 25.4 Å². The Morgan fingerprint density at radius 2 is 2.17 bits per heavy atom. The molecular weight excluding hydrogens is 230 g/mol. The minimum atomic E-state index is -0.0587. The lowest BCUT2D eigenvalue weighted by Crippen LogP contribution is -2.27.